The van der Waals surface area contributed by atoms with Gasteiger partial charge in [0.05, 0.1) is 18.2 Å². The molecule has 92 valence electrons. The van der Waals surface area contributed by atoms with Gasteiger partial charge in [-0.3, -0.25) is 0 Å². The minimum Gasteiger partial charge on any atom is -0.465 e. The zero-order valence-electron chi connectivity index (χ0n) is 10.7. The molecule has 0 amide bonds. The Morgan fingerprint density at radius 1 is 1.35 bits per heavy atom. The van der Waals surface area contributed by atoms with Gasteiger partial charge in [-0.2, -0.15) is 0 Å². The van der Waals surface area contributed by atoms with Crippen molar-refractivity contribution in [3.63, 3.8) is 0 Å². The van der Waals surface area contributed by atoms with Gasteiger partial charge >= 0.3 is 5.97 Å². The quantitative estimate of drug-likeness (QED) is 0.574. The van der Waals surface area contributed by atoms with Crippen molar-refractivity contribution in [2.75, 3.05) is 7.11 Å². The second-order valence-electron chi connectivity index (χ2n) is 3.44. The van der Waals surface area contributed by atoms with E-state index in [1.54, 1.807) is 6.07 Å². The van der Waals surface area contributed by atoms with Crippen molar-refractivity contribution in [1.82, 2.24) is 4.34 Å². The summed E-state index contributed by atoms with van der Waals surface area (Å²) in [7, 11) is 4.01. The summed E-state index contributed by atoms with van der Waals surface area (Å²) >= 11 is 0. The third-order valence-electron chi connectivity index (χ3n) is 2.45. The molecule has 1 aromatic carbocycles. The number of aryl methyl sites for hydroxylation is 1. The van der Waals surface area contributed by atoms with E-state index in [1.807, 2.05) is 43.4 Å². The third kappa shape index (κ3) is 2.67. The van der Waals surface area contributed by atoms with Crippen LogP contribution in [0.25, 0.3) is 10.9 Å². The lowest BCUT2D eigenvalue weighted by Gasteiger charge is -2.00. The van der Waals surface area contributed by atoms with Gasteiger partial charge in [0, 0.05) is 11.6 Å². The molecule has 0 aliphatic heterocycles. The van der Waals surface area contributed by atoms with Crippen LogP contribution in [-0.4, -0.2) is 17.4 Å². The Balaban J connectivity index is 0.000000686. The van der Waals surface area contributed by atoms with Crippen molar-refractivity contribution in [3.8, 4) is 0 Å². The van der Waals surface area contributed by atoms with Gasteiger partial charge in [-0.15, -0.1) is 0 Å². The highest BCUT2D eigenvalue weighted by atomic mass is 31.0. The fourth-order valence-electron chi connectivity index (χ4n) is 1.67. The van der Waals surface area contributed by atoms with E-state index in [-0.39, 0.29) is 5.97 Å². The molecule has 1 aromatic heterocycles. The Labute approximate surface area is 104 Å². The first-order valence-corrected chi connectivity index (χ1v) is 6.10. The monoisotopic (exact) mass is 251 g/mol. The zero-order chi connectivity index (χ0) is 13.0. The highest BCUT2D eigenvalue weighted by molar-refractivity contribution is 7.14. The lowest BCUT2D eigenvalue weighted by atomic mass is 10.1. The summed E-state index contributed by atoms with van der Waals surface area (Å²) < 4.78 is 6.64. The summed E-state index contributed by atoms with van der Waals surface area (Å²) in [5, 5.41) is 1.08. The van der Waals surface area contributed by atoms with E-state index in [0.717, 1.165) is 16.5 Å². The van der Waals surface area contributed by atoms with Gasteiger partial charge in [-0.25, -0.2) is 4.79 Å². The van der Waals surface area contributed by atoms with Crippen LogP contribution in [0.1, 0.15) is 29.8 Å². The van der Waals surface area contributed by atoms with Gasteiger partial charge in [0.25, 0.3) is 0 Å². The predicted octanol–water partition coefficient (Wildman–Crippen LogP) is 3.40. The van der Waals surface area contributed by atoms with Crippen LogP contribution >= 0.6 is 9.39 Å². The zero-order valence-corrected chi connectivity index (χ0v) is 11.8. The number of carbonyl (C=O) groups excluding carboxylic acids is 1. The highest BCUT2D eigenvalue weighted by Gasteiger charge is 2.09. The van der Waals surface area contributed by atoms with Crippen LogP contribution in [0, 0.1) is 6.92 Å². The van der Waals surface area contributed by atoms with Crippen molar-refractivity contribution < 1.29 is 9.53 Å². The molecule has 17 heavy (non-hydrogen) atoms. The second kappa shape index (κ2) is 5.83. The molecule has 0 saturated heterocycles. The summed E-state index contributed by atoms with van der Waals surface area (Å²) in [4.78, 5) is 11.3. The smallest absolute Gasteiger partial charge is 0.337 e. The molecule has 4 heteroatoms. The molecular weight excluding hydrogens is 233 g/mol. The number of methoxy groups -OCH3 is 1. The molecule has 0 spiro atoms. The molecule has 0 fully saturated rings. The van der Waals surface area contributed by atoms with Gasteiger partial charge in [-0.1, -0.05) is 13.8 Å². The molecule has 0 aliphatic carbocycles. The Bertz CT molecular complexity index is 531. The normalized spacial score (nSPS) is 9.71. The summed E-state index contributed by atoms with van der Waals surface area (Å²) in [5.41, 5.74) is 2.82. The molecule has 1 atom stereocenters. The minimum absolute atomic E-state index is 0.298. The number of hydrogen-bond acceptors (Lipinski definition) is 2. The van der Waals surface area contributed by atoms with E-state index < -0.39 is 0 Å². The third-order valence-corrected chi connectivity index (χ3v) is 2.88. The Hall–Kier alpha value is -1.34. The van der Waals surface area contributed by atoms with Crippen LogP contribution in [0.2, 0.25) is 0 Å². The number of nitrogens with zero attached hydrogens (tertiary/aromatic N) is 1. The van der Waals surface area contributed by atoms with Gasteiger partial charge in [0.1, 0.15) is 0 Å². The number of carbonyl (C=O) groups is 1. The Morgan fingerprint density at radius 3 is 2.59 bits per heavy atom. The molecule has 0 bridgehead atoms. The SMILES string of the molecule is CC.COC(=O)c1ccc2c(c1)c(C)cn2P. The Morgan fingerprint density at radius 2 is 2.00 bits per heavy atom. The summed E-state index contributed by atoms with van der Waals surface area (Å²) in [6.07, 6.45) is 2.01. The number of benzene rings is 1. The summed E-state index contributed by atoms with van der Waals surface area (Å²) in [6, 6.07) is 5.55. The summed E-state index contributed by atoms with van der Waals surface area (Å²) in [5.74, 6) is -0.298. The maximum Gasteiger partial charge on any atom is 0.337 e. The van der Waals surface area contributed by atoms with Crippen molar-refractivity contribution in [2.24, 2.45) is 0 Å². The fraction of sp³-hybridized carbons (Fsp3) is 0.308. The Kier molecular flexibility index (Phi) is 4.71. The van der Waals surface area contributed by atoms with Crippen LogP contribution in [-0.2, 0) is 4.74 Å². The van der Waals surface area contributed by atoms with E-state index in [4.69, 9.17) is 0 Å². The van der Waals surface area contributed by atoms with E-state index >= 15 is 0 Å². The van der Waals surface area contributed by atoms with Crippen LogP contribution in [0.4, 0.5) is 0 Å². The van der Waals surface area contributed by atoms with Crippen LogP contribution < -0.4 is 0 Å². The molecule has 1 unspecified atom stereocenters. The van der Waals surface area contributed by atoms with Crippen LogP contribution in [0.3, 0.4) is 0 Å². The van der Waals surface area contributed by atoms with Crippen molar-refractivity contribution in [3.05, 3.63) is 35.5 Å². The molecule has 1 heterocycles. The van der Waals surface area contributed by atoms with Crippen molar-refractivity contribution in [1.29, 1.82) is 0 Å². The minimum atomic E-state index is -0.298. The summed E-state index contributed by atoms with van der Waals surface area (Å²) in [6.45, 7) is 6.02. The van der Waals surface area contributed by atoms with Crippen molar-refractivity contribution >= 4 is 26.3 Å². The molecule has 0 aliphatic rings. The average molecular weight is 251 g/mol. The molecule has 0 saturated carbocycles. The van der Waals surface area contributed by atoms with Gasteiger partial charge in [-0.05, 0) is 40.1 Å². The molecule has 2 rings (SSSR count). The number of fused-ring (bicyclic) bond motifs is 1. The fourth-order valence-corrected chi connectivity index (χ4v) is 2.12. The molecule has 0 N–H and O–H groups in total. The number of hydrogen-bond donors (Lipinski definition) is 0. The van der Waals surface area contributed by atoms with Gasteiger partial charge in [0.15, 0.2) is 0 Å². The first-order chi connectivity index (χ1) is 8.13. The number of ether oxygens (including phenoxy) is 1. The number of rotatable bonds is 1. The van der Waals surface area contributed by atoms with Crippen molar-refractivity contribution in [2.45, 2.75) is 20.8 Å². The first-order valence-electron chi connectivity index (χ1n) is 5.58. The van der Waals surface area contributed by atoms with Crippen LogP contribution in [0.5, 0.6) is 0 Å². The van der Waals surface area contributed by atoms with E-state index in [1.165, 1.54) is 7.11 Å². The standard InChI is InChI=1S/C11H12NO2P.C2H6/c1-7-6-12(15)10-4-3-8(5-9(7)10)11(13)14-2;1-2/h3-6H,15H2,1-2H3;1-2H3. The van der Waals surface area contributed by atoms with E-state index in [2.05, 4.69) is 14.1 Å². The highest BCUT2D eigenvalue weighted by Crippen LogP contribution is 2.23. The lowest BCUT2D eigenvalue weighted by molar-refractivity contribution is 0.0601. The maximum absolute atomic E-state index is 11.3. The first kappa shape index (κ1) is 13.7. The number of esters is 1. The molecule has 0 radical (unpaired) electrons. The largest absolute Gasteiger partial charge is 0.465 e. The molecular formula is C13H18NO2P. The van der Waals surface area contributed by atoms with Gasteiger partial charge in [0.2, 0.25) is 0 Å². The van der Waals surface area contributed by atoms with Gasteiger partial charge < -0.3 is 9.07 Å². The topological polar surface area (TPSA) is 31.2 Å². The molecule has 3 nitrogen and oxygen atoms in total. The lowest BCUT2D eigenvalue weighted by Crippen LogP contribution is -2.00. The number of aromatic nitrogens is 1. The molecule has 2 aromatic rings. The van der Waals surface area contributed by atoms with Crippen LogP contribution in [0.15, 0.2) is 24.4 Å². The average Bonchev–Trinajstić information content (AvgIpc) is 2.66. The maximum atomic E-state index is 11.3. The van der Waals surface area contributed by atoms with E-state index in [9.17, 15) is 4.79 Å². The second-order valence-corrected chi connectivity index (χ2v) is 4.00. The predicted molar refractivity (Wildman–Crippen MR) is 74.5 cm³/mol. The van der Waals surface area contributed by atoms with E-state index in [0.29, 0.717) is 5.56 Å².